The van der Waals surface area contributed by atoms with Crippen LogP contribution < -0.4 is 10.6 Å². The van der Waals surface area contributed by atoms with Gasteiger partial charge >= 0.3 is 6.18 Å². The average Bonchev–Trinajstić information content (AvgIpc) is 2.79. The van der Waals surface area contributed by atoms with E-state index in [1.54, 1.807) is 6.07 Å². The number of benzene rings is 2. The predicted octanol–water partition coefficient (Wildman–Crippen LogP) is 4.06. The number of quaternary nitrogens is 2. The van der Waals surface area contributed by atoms with E-state index in [1.807, 2.05) is 0 Å². The van der Waals surface area contributed by atoms with E-state index < -0.39 is 17.7 Å². The second-order valence-corrected chi connectivity index (χ2v) is 9.99. The molecule has 11 heteroatoms. The number of nitrogens with one attached hydrogen (secondary N) is 2. The summed E-state index contributed by atoms with van der Waals surface area (Å²) >= 11 is 0. The minimum atomic E-state index is -4.49. The van der Waals surface area contributed by atoms with Crippen LogP contribution in [0.4, 0.5) is 33.3 Å². The van der Waals surface area contributed by atoms with E-state index in [1.165, 1.54) is 30.3 Å². The van der Waals surface area contributed by atoms with Crippen LogP contribution in [-0.2, 0) is 21.7 Å². The molecule has 3 aliphatic heterocycles. The first-order valence-electron chi connectivity index (χ1n) is 11.7. The molecule has 5 rings (SSSR count). The van der Waals surface area contributed by atoms with Crippen LogP contribution in [0.1, 0.15) is 18.1 Å². The van der Waals surface area contributed by atoms with Crippen LogP contribution in [0, 0.1) is 0 Å². The van der Waals surface area contributed by atoms with Crippen molar-refractivity contribution in [3.8, 4) is 0 Å². The van der Waals surface area contributed by atoms with Gasteiger partial charge in [-0.05, 0) is 30.3 Å². The standard InChI is InChI=1S/C25H27F5N4O2/c1-24(26,27)18-4-2-6-20(14-18)31-22(35)16-33-8-11-34(12-9-33,13-10-33)17-23(36)32-21-7-3-5-19(15-21)25(28,29)30/h2-7,14-15H,8-13,16-17H2,1H3/p+2. The number of piperazine rings is 3. The second-order valence-electron chi connectivity index (χ2n) is 9.99. The number of anilines is 2. The molecule has 3 aliphatic rings. The first-order chi connectivity index (χ1) is 16.8. The fraction of sp³-hybridized carbons (Fsp3) is 0.440. The van der Waals surface area contributed by atoms with Gasteiger partial charge in [0.15, 0.2) is 13.1 Å². The van der Waals surface area contributed by atoms with Crippen molar-refractivity contribution >= 4 is 23.2 Å². The van der Waals surface area contributed by atoms with Gasteiger partial charge < -0.3 is 19.6 Å². The highest BCUT2D eigenvalue weighted by Crippen LogP contribution is 2.32. The van der Waals surface area contributed by atoms with Gasteiger partial charge in [0.05, 0.1) is 5.56 Å². The lowest BCUT2D eigenvalue weighted by atomic mass is 10.1. The fourth-order valence-electron chi connectivity index (χ4n) is 5.07. The van der Waals surface area contributed by atoms with Crippen LogP contribution in [0.25, 0.3) is 0 Å². The van der Waals surface area contributed by atoms with Crippen LogP contribution in [-0.4, -0.2) is 73.1 Å². The van der Waals surface area contributed by atoms with Gasteiger partial charge in [-0.25, -0.2) is 8.78 Å². The molecule has 0 aliphatic carbocycles. The van der Waals surface area contributed by atoms with E-state index in [2.05, 4.69) is 10.6 Å². The molecule has 6 nitrogen and oxygen atoms in total. The summed E-state index contributed by atoms with van der Waals surface area (Å²) < 4.78 is 67.1. The molecule has 0 spiro atoms. The summed E-state index contributed by atoms with van der Waals surface area (Å²) in [5, 5.41) is 5.31. The van der Waals surface area contributed by atoms with Gasteiger partial charge in [0.1, 0.15) is 39.3 Å². The average molecular weight is 513 g/mol. The van der Waals surface area contributed by atoms with Gasteiger partial charge in [0.25, 0.3) is 17.7 Å². The van der Waals surface area contributed by atoms with E-state index in [-0.39, 0.29) is 36.2 Å². The Hall–Kier alpha value is -3.05. The quantitative estimate of drug-likeness (QED) is 0.435. The molecule has 2 bridgehead atoms. The third-order valence-electron chi connectivity index (χ3n) is 7.23. The summed E-state index contributed by atoms with van der Waals surface area (Å²) in [5.41, 5.74) is -0.566. The Morgan fingerprint density at radius 1 is 0.722 bits per heavy atom. The maximum Gasteiger partial charge on any atom is 0.416 e. The van der Waals surface area contributed by atoms with Crippen molar-refractivity contribution in [3.05, 3.63) is 59.7 Å². The number of fused-ring (bicyclic) bond motifs is 3. The SMILES string of the molecule is CC(F)(F)c1cccc(NC(=O)C[N+]23CC[N+](CC(=O)Nc4cccc(C(F)(F)F)c4)(CC2)CC3)c1. The van der Waals surface area contributed by atoms with Crippen LogP contribution in [0.5, 0.6) is 0 Å². The fourth-order valence-corrected chi connectivity index (χ4v) is 5.07. The number of nitrogens with zero attached hydrogens (tertiary/aromatic N) is 2. The van der Waals surface area contributed by atoms with Gasteiger partial charge in [0.2, 0.25) is 0 Å². The Bertz CT molecular complexity index is 1030. The second kappa shape index (κ2) is 9.44. The molecule has 0 aromatic heterocycles. The van der Waals surface area contributed by atoms with Gasteiger partial charge in [-0.15, -0.1) is 0 Å². The van der Waals surface area contributed by atoms with Crippen LogP contribution >= 0.6 is 0 Å². The summed E-state index contributed by atoms with van der Waals surface area (Å²) in [6.07, 6.45) is -4.49. The molecule has 2 N–H and O–H groups in total. The molecule has 0 unspecified atom stereocenters. The molecule has 36 heavy (non-hydrogen) atoms. The number of rotatable bonds is 7. The van der Waals surface area contributed by atoms with E-state index in [0.717, 1.165) is 19.1 Å². The topological polar surface area (TPSA) is 58.2 Å². The molecule has 0 atom stereocenters. The van der Waals surface area contributed by atoms with Gasteiger partial charge in [0, 0.05) is 23.9 Å². The Morgan fingerprint density at radius 3 is 1.50 bits per heavy atom. The summed E-state index contributed by atoms with van der Waals surface area (Å²) in [6.45, 7) is 5.20. The smallest absolute Gasteiger partial charge is 0.321 e. The van der Waals surface area contributed by atoms with Crippen molar-refractivity contribution in [1.29, 1.82) is 0 Å². The molecule has 3 saturated heterocycles. The first-order valence-corrected chi connectivity index (χ1v) is 11.7. The normalized spacial score (nSPS) is 23.8. The van der Waals surface area contributed by atoms with Crippen LogP contribution in [0.15, 0.2) is 48.5 Å². The molecular formula is C25H29F5N4O2+2. The number of alkyl halides is 5. The minimum Gasteiger partial charge on any atom is -0.321 e. The number of hydrogen-bond donors (Lipinski definition) is 2. The molecule has 2 aromatic rings. The highest BCUT2D eigenvalue weighted by atomic mass is 19.4. The maximum absolute atomic E-state index is 13.6. The lowest BCUT2D eigenvalue weighted by Gasteiger charge is -2.54. The van der Waals surface area contributed by atoms with Crippen molar-refractivity contribution in [1.82, 2.24) is 0 Å². The zero-order valence-corrected chi connectivity index (χ0v) is 19.9. The van der Waals surface area contributed by atoms with E-state index in [9.17, 15) is 31.5 Å². The number of carbonyl (C=O) groups excluding carboxylic acids is 2. The molecular weight excluding hydrogens is 483 g/mol. The molecule has 0 saturated carbocycles. The molecule has 2 amide bonds. The van der Waals surface area contributed by atoms with Gasteiger partial charge in [-0.3, -0.25) is 9.59 Å². The molecule has 194 valence electrons. The zero-order chi connectivity index (χ0) is 26.2. The van der Waals surface area contributed by atoms with Crippen LogP contribution in [0.2, 0.25) is 0 Å². The Labute approximate surface area is 205 Å². The summed E-state index contributed by atoms with van der Waals surface area (Å²) in [6, 6.07) is 10.2. The highest BCUT2D eigenvalue weighted by molar-refractivity contribution is 5.92. The largest absolute Gasteiger partial charge is 0.416 e. The third-order valence-corrected chi connectivity index (χ3v) is 7.23. The zero-order valence-electron chi connectivity index (χ0n) is 19.9. The minimum absolute atomic E-state index is 0.105. The summed E-state index contributed by atoms with van der Waals surface area (Å²) in [5.74, 6) is -3.60. The lowest BCUT2D eigenvalue weighted by molar-refractivity contribution is -1.07. The Morgan fingerprint density at radius 2 is 1.11 bits per heavy atom. The molecule has 0 radical (unpaired) electrons. The highest BCUT2D eigenvalue weighted by Gasteiger charge is 2.50. The van der Waals surface area contributed by atoms with Crippen molar-refractivity contribution in [2.45, 2.75) is 19.0 Å². The predicted molar refractivity (Wildman–Crippen MR) is 124 cm³/mol. The molecule has 2 aromatic carbocycles. The van der Waals surface area contributed by atoms with Crippen molar-refractivity contribution < 1.29 is 40.5 Å². The molecule has 3 heterocycles. The number of hydrogen-bond acceptors (Lipinski definition) is 2. The molecule has 3 fully saturated rings. The van der Waals surface area contributed by atoms with Crippen molar-refractivity contribution in [3.63, 3.8) is 0 Å². The summed E-state index contributed by atoms with van der Waals surface area (Å²) in [7, 11) is 0. The van der Waals surface area contributed by atoms with E-state index >= 15 is 0 Å². The van der Waals surface area contributed by atoms with Crippen molar-refractivity contribution in [2.75, 3.05) is 63.0 Å². The summed E-state index contributed by atoms with van der Waals surface area (Å²) in [4.78, 5) is 25.4. The maximum atomic E-state index is 13.6. The monoisotopic (exact) mass is 512 g/mol. The van der Waals surface area contributed by atoms with Crippen molar-refractivity contribution in [2.24, 2.45) is 0 Å². The Balaban J connectivity index is 1.31. The van der Waals surface area contributed by atoms with Crippen LogP contribution in [0.3, 0.4) is 0 Å². The van der Waals surface area contributed by atoms with E-state index in [0.29, 0.717) is 53.9 Å². The first kappa shape index (κ1) is 26.0. The third kappa shape index (κ3) is 6.01. The Kier molecular flexibility index (Phi) is 6.82. The van der Waals surface area contributed by atoms with Gasteiger partial charge in [-0.2, -0.15) is 13.2 Å². The number of amides is 2. The lowest BCUT2D eigenvalue weighted by Crippen LogP contribution is -2.76. The number of carbonyl (C=O) groups is 2. The number of halogens is 5. The van der Waals surface area contributed by atoms with E-state index in [4.69, 9.17) is 0 Å². The van der Waals surface area contributed by atoms with Gasteiger partial charge in [-0.1, -0.05) is 18.2 Å².